The first-order valence-electron chi connectivity index (χ1n) is 9.42. The monoisotopic (exact) mass is 396 g/mol. The molecule has 0 aromatic heterocycles. The van der Waals surface area contributed by atoms with E-state index in [0.717, 1.165) is 50.0 Å². The Morgan fingerprint density at radius 1 is 1.12 bits per heavy atom. The maximum absolute atomic E-state index is 13.2. The van der Waals surface area contributed by atoms with Crippen molar-refractivity contribution in [2.24, 2.45) is 5.92 Å². The van der Waals surface area contributed by atoms with Crippen LogP contribution in [0.15, 0.2) is 24.3 Å². The molecule has 0 unspecified atom stereocenters. The van der Waals surface area contributed by atoms with Crippen LogP contribution in [0.5, 0.6) is 0 Å². The van der Waals surface area contributed by atoms with Crippen LogP contribution >= 0.6 is 23.2 Å². The van der Waals surface area contributed by atoms with Gasteiger partial charge in [-0.1, -0.05) is 30.7 Å². The van der Waals surface area contributed by atoms with Gasteiger partial charge in [0.05, 0.1) is 0 Å². The summed E-state index contributed by atoms with van der Waals surface area (Å²) in [6.45, 7) is 2.25. The van der Waals surface area contributed by atoms with Gasteiger partial charge in [-0.3, -0.25) is 9.59 Å². The van der Waals surface area contributed by atoms with Crippen molar-refractivity contribution in [1.29, 1.82) is 0 Å². The van der Waals surface area contributed by atoms with E-state index >= 15 is 0 Å². The van der Waals surface area contributed by atoms with Crippen LogP contribution in [0.4, 0.5) is 0 Å². The highest BCUT2D eigenvalue weighted by molar-refractivity contribution is 6.30. The zero-order chi connectivity index (χ0) is 18.7. The Hall–Kier alpha value is -1.26. The molecule has 2 aliphatic carbocycles. The molecule has 0 bridgehead atoms. The summed E-state index contributed by atoms with van der Waals surface area (Å²) in [7, 11) is 0. The molecular formula is C20H26Cl2N2O2. The second kappa shape index (κ2) is 8.62. The molecule has 0 heterocycles. The number of nitrogens with zero attached hydrogens (tertiary/aromatic N) is 1. The van der Waals surface area contributed by atoms with E-state index in [0.29, 0.717) is 5.02 Å². The van der Waals surface area contributed by atoms with Crippen molar-refractivity contribution in [2.45, 2.75) is 63.6 Å². The number of nitrogens with one attached hydrogen (secondary N) is 1. The summed E-state index contributed by atoms with van der Waals surface area (Å²) < 4.78 is 0. The number of hydrogen-bond donors (Lipinski definition) is 1. The Kier molecular flexibility index (Phi) is 6.46. The first-order valence-corrected chi connectivity index (χ1v) is 10.3. The van der Waals surface area contributed by atoms with Crippen LogP contribution in [0.25, 0.3) is 0 Å². The highest BCUT2D eigenvalue weighted by Gasteiger charge is 2.41. The van der Waals surface area contributed by atoms with Gasteiger partial charge in [-0.05, 0) is 62.1 Å². The summed E-state index contributed by atoms with van der Waals surface area (Å²) in [5.41, 5.74) is 0.779. The van der Waals surface area contributed by atoms with E-state index in [1.165, 1.54) is 0 Å². The molecule has 0 saturated heterocycles. The van der Waals surface area contributed by atoms with E-state index < -0.39 is 6.04 Å². The van der Waals surface area contributed by atoms with Crippen molar-refractivity contribution in [3.8, 4) is 0 Å². The minimum atomic E-state index is -0.648. The minimum absolute atomic E-state index is 0.0963. The maximum Gasteiger partial charge on any atom is 0.247 e. The number of amides is 2. The lowest BCUT2D eigenvalue weighted by molar-refractivity contribution is -0.140. The predicted octanol–water partition coefficient (Wildman–Crippen LogP) is 4.31. The van der Waals surface area contributed by atoms with Crippen LogP contribution in [0.2, 0.25) is 5.02 Å². The summed E-state index contributed by atoms with van der Waals surface area (Å²) >= 11 is 11.9. The van der Waals surface area contributed by atoms with Crippen molar-refractivity contribution in [2.75, 3.05) is 5.88 Å². The molecule has 1 aromatic rings. The van der Waals surface area contributed by atoms with Crippen molar-refractivity contribution < 1.29 is 9.59 Å². The van der Waals surface area contributed by atoms with Crippen molar-refractivity contribution in [3.05, 3.63) is 34.9 Å². The number of alkyl halides is 1. The van der Waals surface area contributed by atoms with Gasteiger partial charge in [-0.25, -0.2) is 0 Å². The molecule has 6 heteroatoms. The maximum atomic E-state index is 13.2. The van der Waals surface area contributed by atoms with Crippen LogP contribution in [-0.2, 0) is 9.59 Å². The highest BCUT2D eigenvalue weighted by atomic mass is 35.5. The quantitative estimate of drug-likeness (QED) is 0.728. The first kappa shape index (κ1) is 19.5. The van der Waals surface area contributed by atoms with E-state index in [-0.39, 0.29) is 29.8 Å². The third-order valence-electron chi connectivity index (χ3n) is 5.42. The molecule has 0 radical (unpaired) electrons. The lowest BCUT2D eigenvalue weighted by Gasteiger charge is -2.34. The van der Waals surface area contributed by atoms with E-state index in [4.69, 9.17) is 23.2 Å². The largest absolute Gasteiger partial charge is 0.351 e. The normalized spacial score (nSPS) is 24.0. The molecule has 1 N–H and O–H groups in total. The van der Waals surface area contributed by atoms with Crippen molar-refractivity contribution in [3.63, 3.8) is 0 Å². The molecule has 26 heavy (non-hydrogen) atoms. The standard InChI is InChI=1S/C20H26Cl2N2O2/c1-13-2-8-16(9-3-13)23-20(26)19(14-4-6-15(22)7-5-14)24(17-10-11-17)18(25)12-21/h4-7,13,16-17,19H,2-3,8-12H2,1H3,(H,23,26)/t13?,16?,19-/m0/s1. The molecule has 0 aliphatic heterocycles. The fraction of sp³-hybridized carbons (Fsp3) is 0.600. The van der Waals surface area contributed by atoms with E-state index in [9.17, 15) is 9.59 Å². The van der Waals surface area contributed by atoms with Crippen molar-refractivity contribution in [1.82, 2.24) is 10.2 Å². The lowest BCUT2D eigenvalue weighted by atomic mass is 9.87. The van der Waals surface area contributed by atoms with Gasteiger partial charge >= 0.3 is 0 Å². The van der Waals surface area contributed by atoms with Crippen LogP contribution in [-0.4, -0.2) is 34.7 Å². The number of carbonyl (C=O) groups is 2. The van der Waals surface area contributed by atoms with Crippen LogP contribution in [0, 0.1) is 5.92 Å². The molecule has 0 spiro atoms. The predicted molar refractivity (Wildman–Crippen MR) is 104 cm³/mol. The average Bonchev–Trinajstić information content (AvgIpc) is 3.46. The summed E-state index contributed by atoms with van der Waals surface area (Å²) in [6, 6.07) is 6.80. The summed E-state index contributed by atoms with van der Waals surface area (Å²) in [5, 5.41) is 3.79. The van der Waals surface area contributed by atoms with Gasteiger partial charge in [0.1, 0.15) is 11.9 Å². The number of halogens is 2. The molecule has 2 fully saturated rings. The van der Waals surface area contributed by atoms with Gasteiger partial charge in [0.2, 0.25) is 11.8 Å². The fourth-order valence-electron chi connectivity index (χ4n) is 3.75. The third-order valence-corrected chi connectivity index (χ3v) is 5.90. The molecule has 1 aromatic carbocycles. The van der Waals surface area contributed by atoms with Crippen LogP contribution in [0.3, 0.4) is 0 Å². The summed E-state index contributed by atoms with van der Waals surface area (Å²) in [6.07, 6.45) is 6.08. The van der Waals surface area contributed by atoms with E-state index in [1.54, 1.807) is 17.0 Å². The number of hydrogen-bond acceptors (Lipinski definition) is 2. The zero-order valence-corrected chi connectivity index (χ0v) is 16.6. The highest BCUT2D eigenvalue weighted by Crippen LogP contribution is 2.36. The van der Waals surface area contributed by atoms with Gasteiger partial charge < -0.3 is 10.2 Å². The molecule has 3 rings (SSSR count). The lowest BCUT2D eigenvalue weighted by Crippen LogP contribution is -2.48. The second-order valence-corrected chi connectivity index (χ2v) is 8.29. The Morgan fingerprint density at radius 3 is 2.27 bits per heavy atom. The number of carbonyl (C=O) groups excluding carboxylic acids is 2. The van der Waals surface area contributed by atoms with Gasteiger partial charge in [0, 0.05) is 17.1 Å². The van der Waals surface area contributed by atoms with Gasteiger partial charge in [-0.15, -0.1) is 11.6 Å². The van der Waals surface area contributed by atoms with E-state index in [1.807, 2.05) is 12.1 Å². The Balaban J connectivity index is 1.83. The summed E-state index contributed by atoms with van der Waals surface area (Å²) in [4.78, 5) is 27.4. The first-order chi connectivity index (χ1) is 12.5. The Bertz CT molecular complexity index is 638. The summed E-state index contributed by atoms with van der Waals surface area (Å²) in [5.74, 6) is 0.296. The molecular weight excluding hydrogens is 371 g/mol. The molecule has 2 aliphatic rings. The topological polar surface area (TPSA) is 49.4 Å². The van der Waals surface area contributed by atoms with E-state index in [2.05, 4.69) is 12.2 Å². The molecule has 2 amide bonds. The van der Waals surface area contributed by atoms with Gasteiger partial charge in [0.15, 0.2) is 0 Å². The van der Waals surface area contributed by atoms with Gasteiger partial charge in [0.25, 0.3) is 0 Å². The number of rotatable bonds is 6. The third kappa shape index (κ3) is 4.72. The SMILES string of the molecule is CC1CCC(NC(=O)[C@H](c2ccc(Cl)cc2)N(C(=O)CCl)C2CC2)CC1. The van der Waals surface area contributed by atoms with Crippen LogP contribution < -0.4 is 5.32 Å². The number of benzene rings is 1. The van der Waals surface area contributed by atoms with Crippen LogP contribution in [0.1, 0.15) is 57.1 Å². The molecule has 2 saturated carbocycles. The second-order valence-electron chi connectivity index (χ2n) is 7.59. The Labute approximate surface area is 165 Å². The minimum Gasteiger partial charge on any atom is -0.351 e. The van der Waals surface area contributed by atoms with Gasteiger partial charge in [-0.2, -0.15) is 0 Å². The smallest absolute Gasteiger partial charge is 0.247 e. The Morgan fingerprint density at radius 2 is 1.73 bits per heavy atom. The fourth-order valence-corrected chi connectivity index (χ4v) is 4.01. The average molecular weight is 397 g/mol. The van der Waals surface area contributed by atoms with Crippen molar-refractivity contribution >= 4 is 35.0 Å². The molecule has 1 atom stereocenters. The molecule has 142 valence electrons. The zero-order valence-electron chi connectivity index (χ0n) is 15.1. The molecule has 4 nitrogen and oxygen atoms in total.